The Morgan fingerprint density at radius 3 is 2.40 bits per heavy atom. The van der Waals surface area contributed by atoms with Crippen LogP contribution in [0.2, 0.25) is 0 Å². The van der Waals surface area contributed by atoms with Crippen LogP contribution in [0.1, 0.15) is 11.1 Å². The number of rotatable bonds is 3. The highest BCUT2D eigenvalue weighted by molar-refractivity contribution is 5.94. The number of nitrogens with zero attached hydrogens (tertiary/aromatic N) is 3. The lowest BCUT2D eigenvalue weighted by molar-refractivity contribution is -0.212. The second-order valence-electron chi connectivity index (χ2n) is 6.24. The van der Waals surface area contributed by atoms with E-state index in [0.717, 1.165) is 12.1 Å². The van der Waals surface area contributed by atoms with Crippen LogP contribution < -0.4 is 10.2 Å². The minimum Gasteiger partial charge on any atom is -0.335 e. The van der Waals surface area contributed by atoms with E-state index in [0.29, 0.717) is 11.0 Å². The van der Waals surface area contributed by atoms with Gasteiger partial charge in [0, 0.05) is 23.8 Å². The van der Waals surface area contributed by atoms with Crippen molar-refractivity contribution in [2.24, 2.45) is 0 Å². The molecule has 30 heavy (non-hydrogen) atoms. The number of ether oxygens (including phenoxy) is 1. The summed E-state index contributed by atoms with van der Waals surface area (Å²) in [6, 6.07) is 6.32. The molecule has 0 bridgehead atoms. The number of carbonyl (C=O) groups is 1. The van der Waals surface area contributed by atoms with E-state index in [1.54, 1.807) is 0 Å². The maximum atomic E-state index is 13.5. The van der Waals surface area contributed by atoms with Crippen LogP contribution in [0.5, 0.6) is 0 Å². The van der Waals surface area contributed by atoms with Gasteiger partial charge in [-0.05, 0) is 30.3 Å². The van der Waals surface area contributed by atoms with E-state index in [4.69, 9.17) is 10.00 Å². The number of carbonyl (C=O) groups excluding carboxylic acids is 1. The van der Waals surface area contributed by atoms with E-state index < -0.39 is 54.0 Å². The molecule has 1 N–H and O–H groups in total. The molecule has 1 aromatic heterocycles. The molecule has 0 saturated carbocycles. The molecule has 0 unspecified atom stereocenters. The lowest BCUT2D eigenvalue weighted by atomic mass is 10.1. The number of halogens is 6. The van der Waals surface area contributed by atoms with E-state index in [-0.39, 0.29) is 5.69 Å². The third-order valence-electron chi connectivity index (χ3n) is 4.22. The van der Waals surface area contributed by atoms with Gasteiger partial charge in [0.05, 0.1) is 23.7 Å². The first-order valence-electron chi connectivity index (χ1n) is 8.32. The second-order valence-corrected chi connectivity index (χ2v) is 6.24. The van der Waals surface area contributed by atoms with Crippen molar-refractivity contribution >= 4 is 17.3 Å². The summed E-state index contributed by atoms with van der Waals surface area (Å²) in [6.45, 7) is -0.649. The molecule has 1 amide bonds. The average Bonchev–Trinajstić information content (AvgIpc) is 3.14. The first-order chi connectivity index (χ1) is 14.0. The number of anilines is 2. The topological polar surface area (TPSA) is 78.3 Å². The van der Waals surface area contributed by atoms with Gasteiger partial charge in [-0.1, -0.05) is 0 Å². The highest BCUT2D eigenvalue weighted by Crippen LogP contribution is 2.39. The van der Waals surface area contributed by atoms with Crippen molar-refractivity contribution in [3.63, 3.8) is 0 Å². The van der Waals surface area contributed by atoms with Crippen LogP contribution in [0.3, 0.4) is 0 Å². The standard InChI is InChI=1S/C18H12F6N4O2/c19-17(20,21)13-7-12(2-1-10(13)8-25)28-9-14(30-16(28)18(22,23)24)15(29)27-11-3-5-26-6-4-11/h1-7,14,16H,9H2,(H,26,27,29)/t14-,16+/m0/s1. The molecule has 1 aliphatic rings. The summed E-state index contributed by atoms with van der Waals surface area (Å²) in [5, 5.41) is 11.2. The Hall–Kier alpha value is -3.33. The molecule has 1 saturated heterocycles. The summed E-state index contributed by atoms with van der Waals surface area (Å²) in [7, 11) is 0. The van der Waals surface area contributed by atoms with Crippen LogP contribution in [0.4, 0.5) is 37.7 Å². The van der Waals surface area contributed by atoms with E-state index in [9.17, 15) is 31.1 Å². The Morgan fingerprint density at radius 2 is 1.83 bits per heavy atom. The molecule has 1 aromatic carbocycles. The van der Waals surface area contributed by atoms with Gasteiger partial charge in [-0.15, -0.1) is 0 Å². The van der Waals surface area contributed by atoms with Crippen LogP contribution >= 0.6 is 0 Å². The Bertz CT molecular complexity index is 971. The quantitative estimate of drug-likeness (QED) is 0.752. The Labute approximate surface area is 165 Å². The van der Waals surface area contributed by atoms with Gasteiger partial charge in [-0.3, -0.25) is 9.78 Å². The van der Waals surface area contributed by atoms with Gasteiger partial charge in [0.1, 0.15) is 0 Å². The zero-order valence-corrected chi connectivity index (χ0v) is 14.8. The average molecular weight is 430 g/mol. The number of alkyl halides is 6. The fraction of sp³-hybridized carbons (Fsp3) is 0.278. The lowest BCUT2D eigenvalue weighted by Gasteiger charge is -2.27. The summed E-state index contributed by atoms with van der Waals surface area (Å²) in [6.07, 6.45) is -11.5. The Kier molecular flexibility index (Phi) is 5.58. The van der Waals surface area contributed by atoms with Gasteiger partial charge in [0.25, 0.3) is 5.91 Å². The minimum atomic E-state index is -4.99. The van der Waals surface area contributed by atoms with Crippen molar-refractivity contribution in [2.75, 3.05) is 16.8 Å². The lowest BCUT2D eigenvalue weighted by Crippen LogP contribution is -2.42. The van der Waals surface area contributed by atoms with Crippen molar-refractivity contribution in [3.05, 3.63) is 53.9 Å². The predicted octanol–water partition coefficient (Wildman–Crippen LogP) is 3.70. The molecular formula is C18H12F6N4O2. The van der Waals surface area contributed by atoms with Crippen LogP contribution in [0, 0.1) is 11.3 Å². The summed E-state index contributed by atoms with van der Waals surface area (Å²) < 4.78 is 84.8. The summed E-state index contributed by atoms with van der Waals surface area (Å²) in [5.41, 5.74) is -2.34. The number of benzene rings is 1. The number of aromatic nitrogens is 1. The minimum absolute atomic E-state index is 0.262. The molecule has 0 radical (unpaired) electrons. The van der Waals surface area contributed by atoms with Gasteiger partial charge in [-0.2, -0.15) is 31.6 Å². The van der Waals surface area contributed by atoms with E-state index in [2.05, 4.69) is 10.3 Å². The number of amides is 1. The molecule has 158 valence electrons. The van der Waals surface area contributed by atoms with Crippen LogP contribution in [-0.2, 0) is 15.7 Å². The molecule has 1 aliphatic heterocycles. The maximum absolute atomic E-state index is 13.5. The molecule has 6 nitrogen and oxygen atoms in total. The molecule has 2 aromatic rings. The van der Waals surface area contributed by atoms with Crippen molar-refractivity contribution < 1.29 is 35.9 Å². The predicted molar refractivity (Wildman–Crippen MR) is 91.1 cm³/mol. The number of hydrogen-bond donors (Lipinski definition) is 1. The van der Waals surface area contributed by atoms with Crippen LogP contribution in [0.25, 0.3) is 0 Å². The number of nitrogens with one attached hydrogen (secondary N) is 1. The maximum Gasteiger partial charge on any atom is 0.433 e. The van der Waals surface area contributed by atoms with E-state index in [1.165, 1.54) is 30.6 Å². The number of hydrogen-bond acceptors (Lipinski definition) is 5. The third-order valence-corrected chi connectivity index (χ3v) is 4.22. The summed E-state index contributed by atoms with van der Waals surface area (Å²) >= 11 is 0. The van der Waals surface area contributed by atoms with Crippen LogP contribution in [-0.4, -0.2) is 35.9 Å². The fourth-order valence-corrected chi connectivity index (χ4v) is 2.89. The van der Waals surface area contributed by atoms with E-state index in [1.807, 2.05) is 0 Å². The van der Waals surface area contributed by atoms with Crippen molar-refractivity contribution in [3.8, 4) is 6.07 Å². The first-order valence-corrected chi connectivity index (χ1v) is 8.32. The molecule has 12 heteroatoms. The first kappa shape index (κ1) is 21.4. The molecule has 2 atom stereocenters. The highest BCUT2D eigenvalue weighted by Gasteiger charge is 2.52. The molecular weight excluding hydrogens is 418 g/mol. The number of pyridine rings is 1. The Balaban J connectivity index is 1.91. The summed E-state index contributed by atoms with van der Waals surface area (Å²) in [5.74, 6) is -0.900. The van der Waals surface area contributed by atoms with Crippen LogP contribution in [0.15, 0.2) is 42.7 Å². The molecule has 0 spiro atoms. The monoisotopic (exact) mass is 430 g/mol. The zero-order chi connectivity index (χ0) is 22.1. The van der Waals surface area contributed by atoms with Crippen molar-refractivity contribution in [2.45, 2.75) is 24.7 Å². The largest absolute Gasteiger partial charge is 0.433 e. The van der Waals surface area contributed by atoms with E-state index >= 15 is 0 Å². The molecule has 3 rings (SSSR count). The second kappa shape index (κ2) is 7.83. The van der Waals surface area contributed by atoms with Crippen molar-refractivity contribution in [1.29, 1.82) is 5.26 Å². The van der Waals surface area contributed by atoms with Gasteiger partial charge in [0.2, 0.25) is 6.23 Å². The SMILES string of the molecule is N#Cc1ccc(N2C[C@@H](C(=O)Nc3ccncc3)O[C@@H]2C(F)(F)F)cc1C(F)(F)F. The third kappa shape index (κ3) is 4.46. The van der Waals surface area contributed by atoms with Gasteiger partial charge < -0.3 is 15.0 Å². The highest BCUT2D eigenvalue weighted by atomic mass is 19.4. The smallest absolute Gasteiger partial charge is 0.335 e. The fourth-order valence-electron chi connectivity index (χ4n) is 2.89. The van der Waals surface area contributed by atoms with Gasteiger partial charge in [0.15, 0.2) is 6.10 Å². The summed E-state index contributed by atoms with van der Waals surface area (Å²) in [4.78, 5) is 16.6. The van der Waals surface area contributed by atoms with Gasteiger partial charge in [-0.25, -0.2) is 0 Å². The Morgan fingerprint density at radius 1 is 1.17 bits per heavy atom. The zero-order valence-electron chi connectivity index (χ0n) is 14.8. The molecule has 2 heterocycles. The molecule has 0 aliphatic carbocycles. The number of nitriles is 1. The van der Waals surface area contributed by atoms with Crippen molar-refractivity contribution in [1.82, 2.24) is 4.98 Å². The normalized spacial score (nSPS) is 19.4. The molecule has 1 fully saturated rings. The van der Waals surface area contributed by atoms with Gasteiger partial charge >= 0.3 is 12.4 Å².